The largest absolute Gasteiger partial charge is 0.481 e. The molecule has 0 heterocycles. The molecule has 0 bridgehead atoms. The van der Waals surface area contributed by atoms with Crippen LogP contribution in [0.15, 0.2) is 0 Å². The van der Waals surface area contributed by atoms with Gasteiger partial charge in [0.05, 0.1) is 17.4 Å². The van der Waals surface area contributed by atoms with Gasteiger partial charge in [0, 0.05) is 13.5 Å². The van der Waals surface area contributed by atoms with Crippen LogP contribution in [0.4, 0.5) is 0 Å². The highest BCUT2D eigenvalue weighted by Gasteiger charge is 2.21. The molecule has 0 radical (unpaired) electrons. The smallest absolute Gasteiger partial charge is 0.307 e. The molecule has 88 valence electrons. The number of hydrogen-bond acceptors (Lipinski definition) is 4. The molecule has 2 N–H and O–H groups in total. The van der Waals surface area contributed by atoms with Crippen molar-refractivity contribution in [3.05, 3.63) is 0 Å². The SMILES string of the molecule is CNC(=O)CCS(=O)(=O)CC(C)C(=O)O. The van der Waals surface area contributed by atoms with Gasteiger partial charge in [0.2, 0.25) is 5.91 Å². The molecule has 0 aliphatic carbocycles. The third-order valence-corrected chi connectivity index (χ3v) is 3.68. The molecule has 0 fully saturated rings. The second-order valence-electron chi connectivity index (χ2n) is 3.28. The summed E-state index contributed by atoms with van der Waals surface area (Å²) in [7, 11) is -2.06. The molecular weight excluding hydrogens is 222 g/mol. The minimum Gasteiger partial charge on any atom is -0.481 e. The van der Waals surface area contributed by atoms with E-state index < -0.39 is 27.5 Å². The molecule has 0 aromatic heterocycles. The zero-order valence-corrected chi connectivity index (χ0v) is 9.50. The molecular formula is C8H15NO5S. The van der Waals surface area contributed by atoms with Gasteiger partial charge in [-0.15, -0.1) is 0 Å². The molecule has 15 heavy (non-hydrogen) atoms. The van der Waals surface area contributed by atoms with Gasteiger partial charge in [-0.2, -0.15) is 0 Å². The van der Waals surface area contributed by atoms with Crippen LogP contribution in [-0.4, -0.2) is 44.0 Å². The van der Waals surface area contributed by atoms with Gasteiger partial charge in [0.15, 0.2) is 9.84 Å². The molecule has 1 amide bonds. The molecule has 0 aliphatic heterocycles. The van der Waals surface area contributed by atoms with E-state index in [0.717, 1.165) is 0 Å². The third kappa shape index (κ3) is 6.05. The summed E-state index contributed by atoms with van der Waals surface area (Å²) in [4.78, 5) is 21.2. The monoisotopic (exact) mass is 237 g/mol. The maximum absolute atomic E-state index is 11.3. The average Bonchev–Trinajstić information content (AvgIpc) is 2.13. The van der Waals surface area contributed by atoms with Crippen LogP contribution in [0.25, 0.3) is 0 Å². The normalized spacial score (nSPS) is 13.2. The van der Waals surface area contributed by atoms with E-state index in [1.54, 1.807) is 0 Å². The molecule has 0 spiro atoms. The number of sulfone groups is 1. The number of rotatable bonds is 6. The van der Waals surface area contributed by atoms with Gasteiger partial charge in [0.1, 0.15) is 0 Å². The number of hydrogen-bond donors (Lipinski definition) is 2. The van der Waals surface area contributed by atoms with Crippen molar-refractivity contribution < 1.29 is 23.1 Å². The number of carboxylic acids is 1. The summed E-state index contributed by atoms with van der Waals surface area (Å²) in [5.74, 6) is -3.22. The van der Waals surface area contributed by atoms with Crippen LogP contribution < -0.4 is 5.32 Å². The average molecular weight is 237 g/mol. The number of nitrogens with one attached hydrogen (secondary N) is 1. The van der Waals surface area contributed by atoms with Crippen LogP contribution in [0.3, 0.4) is 0 Å². The Morgan fingerprint density at radius 1 is 1.40 bits per heavy atom. The molecule has 1 atom stereocenters. The standard InChI is InChI=1S/C8H15NO5S/c1-6(8(11)12)5-15(13,14)4-3-7(10)9-2/h6H,3-5H2,1-2H3,(H,9,10)(H,11,12). The van der Waals surface area contributed by atoms with Crippen molar-refractivity contribution >= 4 is 21.7 Å². The van der Waals surface area contributed by atoms with Crippen LogP contribution in [0.1, 0.15) is 13.3 Å². The van der Waals surface area contributed by atoms with Crippen molar-refractivity contribution in [3.8, 4) is 0 Å². The minimum absolute atomic E-state index is 0.134. The summed E-state index contributed by atoms with van der Waals surface area (Å²) in [6, 6.07) is 0. The Labute approximate surface area is 88.6 Å². The molecule has 7 heteroatoms. The molecule has 6 nitrogen and oxygen atoms in total. The highest BCUT2D eigenvalue weighted by molar-refractivity contribution is 7.91. The predicted molar refractivity (Wildman–Crippen MR) is 54.1 cm³/mol. The minimum atomic E-state index is -3.47. The number of carboxylic acid groups (broad SMARTS) is 1. The van der Waals surface area contributed by atoms with Crippen molar-refractivity contribution in [2.45, 2.75) is 13.3 Å². The van der Waals surface area contributed by atoms with E-state index in [1.807, 2.05) is 0 Å². The van der Waals surface area contributed by atoms with E-state index in [2.05, 4.69) is 5.32 Å². The summed E-state index contributed by atoms with van der Waals surface area (Å²) in [5.41, 5.74) is 0. The Morgan fingerprint density at radius 3 is 2.33 bits per heavy atom. The van der Waals surface area contributed by atoms with Gasteiger partial charge < -0.3 is 10.4 Å². The van der Waals surface area contributed by atoms with E-state index >= 15 is 0 Å². The second kappa shape index (κ2) is 5.69. The van der Waals surface area contributed by atoms with Crippen LogP contribution >= 0.6 is 0 Å². The maximum Gasteiger partial charge on any atom is 0.307 e. The van der Waals surface area contributed by atoms with Crippen LogP contribution in [0.5, 0.6) is 0 Å². The first-order valence-corrected chi connectivity index (χ1v) is 6.24. The maximum atomic E-state index is 11.3. The Balaban J connectivity index is 4.20. The lowest BCUT2D eigenvalue weighted by Crippen LogP contribution is -2.26. The fourth-order valence-corrected chi connectivity index (χ4v) is 2.48. The fraction of sp³-hybridized carbons (Fsp3) is 0.750. The van der Waals surface area contributed by atoms with Gasteiger partial charge in [-0.1, -0.05) is 6.92 Å². The van der Waals surface area contributed by atoms with Gasteiger partial charge in [0.25, 0.3) is 0 Å². The fourth-order valence-electron chi connectivity index (χ4n) is 0.909. The van der Waals surface area contributed by atoms with E-state index in [4.69, 9.17) is 5.11 Å². The van der Waals surface area contributed by atoms with Gasteiger partial charge in [-0.25, -0.2) is 8.42 Å². The van der Waals surface area contributed by atoms with Crippen molar-refractivity contribution in [3.63, 3.8) is 0 Å². The summed E-state index contributed by atoms with van der Waals surface area (Å²) in [6.07, 6.45) is -0.134. The molecule has 0 aliphatic rings. The van der Waals surface area contributed by atoms with Crippen LogP contribution in [0, 0.1) is 5.92 Å². The molecule has 0 aromatic carbocycles. The number of carbonyl (C=O) groups is 2. The van der Waals surface area contributed by atoms with E-state index in [-0.39, 0.29) is 18.1 Å². The Kier molecular flexibility index (Phi) is 5.27. The molecule has 0 saturated heterocycles. The highest BCUT2D eigenvalue weighted by atomic mass is 32.2. The lowest BCUT2D eigenvalue weighted by Gasteiger charge is -2.06. The summed E-state index contributed by atoms with van der Waals surface area (Å²) < 4.78 is 22.6. The first kappa shape index (κ1) is 13.9. The Morgan fingerprint density at radius 2 is 1.93 bits per heavy atom. The predicted octanol–water partition coefficient (Wildman–Crippen LogP) is -0.742. The quantitative estimate of drug-likeness (QED) is 0.633. The zero-order chi connectivity index (χ0) is 12.1. The summed E-state index contributed by atoms with van der Waals surface area (Å²) in [5, 5.41) is 10.8. The number of amides is 1. The topological polar surface area (TPSA) is 101 Å². The molecule has 0 rings (SSSR count). The van der Waals surface area contributed by atoms with Crippen LogP contribution in [0.2, 0.25) is 0 Å². The number of carbonyl (C=O) groups excluding carboxylic acids is 1. The Bertz CT molecular complexity index is 335. The summed E-state index contributed by atoms with van der Waals surface area (Å²) in [6.45, 7) is 1.32. The first-order chi connectivity index (χ1) is 6.78. The lowest BCUT2D eigenvalue weighted by molar-refractivity contribution is -0.140. The lowest BCUT2D eigenvalue weighted by atomic mass is 10.2. The van der Waals surface area contributed by atoms with Gasteiger partial charge in [-0.3, -0.25) is 9.59 Å². The number of aliphatic carboxylic acids is 1. The van der Waals surface area contributed by atoms with Crippen molar-refractivity contribution in [1.82, 2.24) is 5.32 Å². The van der Waals surface area contributed by atoms with E-state index in [9.17, 15) is 18.0 Å². The Hall–Kier alpha value is -1.11. The van der Waals surface area contributed by atoms with Crippen LogP contribution in [-0.2, 0) is 19.4 Å². The van der Waals surface area contributed by atoms with Crippen molar-refractivity contribution in [2.24, 2.45) is 5.92 Å². The second-order valence-corrected chi connectivity index (χ2v) is 5.51. The first-order valence-electron chi connectivity index (χ1n) is 4.42. The van der Waals surface area contributed by atoms with E-state index in [1.165, 1.54) is 14.0 Å². The van der Waals surface area contributed by atoms with Gasteiger partial charge in [-0.05, 0) is 0 Å². The third-order valence-electron chi connectivity index (χ3n) is 1.84. The molecule has 1 unspecified atom stereocenters. The van der Waals surface area contributed by atoms with Crippen molar-refractivity contribution in [2.75, 3.05) is 18.6 Å². The van der Waals surface area contributed by atoms with E-state index in [0.29, 0.717) is 0 Å². The zero-order valence-electron chi connectivity index (χ0n) is 8.69. The highest BCUT2D eigenvalue weighted by Crippen LogP contribution is 2.03. The van der Waals surface area contributed by atoms with Crippen molar-refractivity contribution in [1.29, 1.82) is 0 Å². The molecule has 0 saturated carbocycles. The van der Waals surface area contributed by atoms with Gasteiger partial charge >= 0.3 is 5.97 Å². The summed E-state index contributed by atoms with van der Waals surface area (Å²) >= 11 is 0. The molecule has 0 aromatic rings.